The van der Waals surface area contributed by atoms with Gasteiger partial charge in [-0.1, -0.05) is 18.7 Å². The first kappa shape index (κ1) is 10.7. The van der Waals surface area contributed by atoms with E-state index in [-0.39, 0.29) is 5.91 Å². The number of para-hydroxylation sites is 1. The Morgan fingerprint density at radius 3 is 2.94 bits per heavy atom. The molecule has 0 atom stereocenters. The van der Waals surface area contributed by atoms with Crippen molar-refractivity contribution in [2.45, 2.75) is 13.8 Å². The molecule has 16 heavy (non-hydrogen) atoms. The zero-order valence-corrected chi connectivity index (χ0v) is 9.71. The van der Waals surface area contributed by atoms with E-state index in [4.69, 9.17) is 0 Å². The number of anilines is 1. The van der Waals surface area contributed by atoms with Gasteiger partial charge in [0.05, 0.1) is 11.3 Å². The molecular weight excluding hydrogens is 200 g/mol. The van der Waals surface area contributed by atoms with Gasteiger partial charge in [0.2, 0.25) is 0 Å². The Bertz CT molecular complexity index is 451. The Balaban J connectivity index is 2.62. The molecule has 2 rings (SSSR count). The van der Waals surface area contributed by atoms with Gasteiger partial charge in [0.25, 0.3) is 5.91 Å². The highest BCUT2D eigenvalue weighted by Gasteiger charge is 2.22. The Morgan fingerprint density at radius 1 is 1.50 bits per heavy atom. The second kappa shape index (κ2) is 4.00. The largest absolute Gasteiger partial charge is 0.350 e. The van der Waals surface area contributed by atoms with Gasteiger partial charge in [0.1, 0.15) is 0 Å². The highest BCUT2D eigenvalue weighted by molar-refractivity contribution is 6.01. The molecular formula is C13H16N2O. The van der Waals surface area contributed by atoms with E-state index in [0.29, 0.717) is 6.54 Å². The lowest BCUT2D eigenvalue weighted by molar-refractivity contribution is 0.0958. The molecule has 1 N–H and O–H groups in total. The zero-order valence-electron chi connectivity index (χ0n) is 9.71. The number of nitrogens with one attached hydrogen (secondary N) is 1. The minimum Gasteiger partial charge on any atom is -0.350 e. The second-order valence-electron chi connectivity index (χ2n) is 4.11. The molecule has 1 amide bonds. The molecule has 0 saturated heterocycles. The van der Waals surface area contributed by atoms with Crippen molar-refractivity contribution in [2.24, 2.45) is 0 Å². The van der Waals surface area contributed by atoms with Crippen molar-refractivity contribution < 1.29 is 4.79 Å². The van der Waals surface area contributed by atoms with Gasteiger partial charge in [-0.3, -0.25) is 4.79 Å². The predicted molar refractivity (Wildman–Crippen MR) is 65.7 cm³/mol. The van der Waals surface area contributed by atoms with Crippen molar-refractivity contribution in [3.8, 4) is 0 Å². The van der Waals surface area contributed by atoms with Crippen LogP contribution in [0.25, 0.3) is 0 Å². The van der Waals surface area contributed by atoms with Crippen molar-refractivity contribution in [1.82, 2.24) is 5.32 Å². The monoisotopic (exact) mass is 216 g/mol. The van der Waals surface area contributed by atoms with E-state index >= 15 is 0 Å². The van der Waals surface area contributed by atoms with Crippen molar-refractivity contribution in [3.05, 3.63) is 41.6 Å². The first-order chi connectivity index (χ1) is 7.61. The third-order valence-electron chi connectivity index (χ3n) is 2.83. The van der Waals surface area contributed by atoms with Gasteiger partial charge in [-0.15, -0.1) is 0 Å². The third-order valence-corrected chi connectivity index (χ3v) is 2.83. The fraction of sp³-hybridized carbons (Fsp3) is 0.308. The normalized spacial score (nSPS) is 15.1. The van der Waals surface area contributed by atoms with E-state index < -0.39 is 0 Å². The lowest BCUT2D eigenvalue weighted by Crippen LogP contribution is -2.28. The van der Waals surface area contributed by atoms with E-state index in [1.165, 1.54) is 0 Å². The zero-order chi connectivity index (χ0) is 11.7. The molecule has 0 spiro atoms. The molecule has 3 nitrogen and oxygen atoms in total. The van der Waals surface area contributed by atoms with Crippen LogP contribution in [0.1, 0.15) is 22.8 Å². The maximum Gasteiger partial charge on any atom is 0.253 e. The second-order valence-corrected chi connectivity index (χ2v) is 4.11. The topological polar surface area (TPSA) is 32.3 Å². The Morgan fingerprint density at radius 2 is 2.25 bits per heavy atom. The highest BCUT2D eigenvalue weighted by atomic mass is 16.1. The number of benzene rings is 1. The summed E-state index contributed by atoms with van der Waals surface area (Å²) in [6, 6.07) is 5.79. The molecule has 0 bridgehead atoms. The average Bonchev–Trinajstić information content (AvgIpc) is 2.40. The van der Waals surface area contributed by atoms with Gasteiger partial charge in [-0.2, -0.15) is 0 Å². The molecule has 84 valence electrons. The van der Waals surface area contributed by atoms with E-state index in [2.05, 4.69) is 16.8 Å². The molecule has 3 heteroatoms. The van der Waals surface area contributed by atoms with Gasteiger partial charge < -0.3 is 10.2 Å². The average molecular weight is 216 g/mol. The van der Waals surface area contributed by atoms with Gasteiger partial charge in [0.15, 0.2) is 0 Å². The molecule has 1 aliphatic rings. The number of rotatable bonds is 1. The number of hydrogen-bond acceptors (Lipinski definition) is 2. The fourth-order valence-corrected chi connectivity index (χ4v) is 2.07. The Kier molecular flexibility index (Phi) is 2.69. The van der Waals surface area contributed by atoms with Crippen LogP contribution in [-0.4, -0.2) is 19.0 Å². The lowest BCUT2D eigenvalue weighted by Gasteiger charge is -2.25. The third kappa shape index (κ3) is 1.69. The van der Waals surface area contributed by atoms with Crippen LogP contribution in [-0.2, 0) is 0 Å². The van der Waals surface area contributed by atoms with Gasteiger partial charge >= 0.3 is 0 Å². The van der Waals surface area contributed by atoms with Crippen LogP contribution in [0, 0.1) is 6.92 Å². The molecule has 0 aliphatic carbocycles. The highest BCUT2D eigenvalue weighted by Crippen LogP contribution is 2.28. The maximum atomic E-state index is 11.9. The minimum absolute atomic E-state index is 0.00227. The summed E-state index contributed by atoms with van der Waals surface area (Å²) in [6.45, 7) is 9.39. The Hall–Kier alpha value is -1.77. The van der Waals surface area contributed by atoms with Gasteiger partial charge in [-0.05, 0) is 25.5 Å². The summed E-state index contributed by atoms with van der Waals surface area (Å²) in [5.74, 6) is 0.00227. The van der Waals surface area contributed by atoms with Gasteiger partial charge in [-0.25, -0.2) is 0 Å². The van der Waals surface area contributed by atoms with Crippen LogP contribution in [0.3, 0.4) is 0 Å². The number of nitrogens with zero attached hydrogens (tertiary/aromatic N) is 1. The number of allylic oxidation sites excluding steroid dienone is 1. The molecule has 0 aromatic heterocycles. The summed E-state index contributed by atoms with van der Waals surface area (Å²) < 4.78 is 0. The van der Waals surface area contributed by atoms with Crippen molar-refractivity contribution in [3.63, 3.8) is 0 Å². The predicted octanol–water partition coefficient (Wildman–Crippen LogP) is 2.08. The SMILES string of the molecule is C=C(C)N1CCNC(=O)c2cccc(C)c21. The standard InChI is InChI=1S/C13H16N2O/c1-9(2)15-8-7-14-13(16)11-6-4-5-10(3)12(11)15/h4-6H,1,7-8H2,2-3H3,(H,14,16). The number of fused-ring (bicyclic) bond motifs is 1. The Labute approximate surface area is 95.8 Å². The minimum atomic E-state index is 0.00227. The molecule has 1 heterocycles. The summed E-state index contributed by atoms with van der Waals surface area (Å²) >= 11 is 0. The molecule has 0 radical (unpaired) electrons. The van der Waals surface area contributed by atoms with Crippen LogP contribution >= 0.6 is 0 Å². The van der Waals surface area contributed by atoms with Crippen LogP contribution in [0.15, 0.2) is 30.5 Å². The first-order valence-electron chi connectivity index (χ1n) is 5.42. The molecule has 0 fully saturated rings. The number of aryl methyl sites for hydroxylation is 1. The van der Waals surface area contributed by atoms with E-state index in [1.54, 1.807) is 0 Å². The number of hydrogen-bond donors (Lipinski definition) is 1. The van der Waals surface area contributed by atoms with Crippen molar-refractivity contribution >= 4 is 11.6 Å². The van der Waals surface area contributed by atoms with E-state index in [9.17, 15) is 4.79 Å². The van der Waals surface area contributed by atoms with Gasteiger partial charge in [0, 0.05) is 18.8 Å². The van der Waals surface area contributed by atoms with E-state index in [1.807, 2.05) is 32.0 Å². The summed E-state index contributed by atoms with van der Waals surface area (Å²) in [7, 11) is 0. The molecule has 0 saturated carbocycles. The summed E-state index contributed by atoms with van der Waals surface area (Å²) in [6.07, 6.45) is 0. The molecule has 1 aromatic rings. The fourth-order valence-electron chi connectivity index (χ4n) is 2.07. The molecule has 1 aromatic carbocycles. The van der Waals surface area contributed by atoms with Crippen LogP contribution in [0.4, 0.5) is 5.69 Å². The number of amides is 1. The number of carbonyl (C=O) groups excluding carboxylic acids is 1. The maximum absolute atomic E-state index is 11.9. The van der Waals surface area contributed by atoms with E-state index in [0.717, 1.165) is 29.1 Å². The van der Waals surface area contributed by atoms with Crippen molar-refractivity contribution in [1.29, 1.82) is 0 Å². The summed E-state index contributed by atoms with van der Waals surface area (Å²) in [5.41, 5.74) is 3.80. The smallest absolute Gasteiger partial charge is 0.253 e. The summed E-state index contributed by atoms with van der Waals surface area (Å²) in [5, 5.41) is 2.89. The quantitative estimate of drug-likeness (QED) is 0.779. The van der Waals surface area contributed by atoms with Crippen LogP contribution in [0.5, 0.6) is 0 Å². The lowest BCUT2D eigenvalue weighted by atomic mass is 10.1. The number of carbonyl (C=O) groups is 1. The van der Waals surface area contributed by atoms with Crippen LogP contribution < -0.4 is 10.2 Å². The summed E-state index contributed by atoms with van der Waals surface area (Å²) in [4.78, 5) is 14.0. The first-order valence-corrected chi connectivity index (χ1v) is 5.42. The molecule has 0 unspecified atom stereocenters. The van der Waals surface area contributed by atoms with Crippen molar-refractivity contribution in [2.75, 3.05) is 18.0 Å². The molecule has 1 aliphatic heterocycles. The van der Waals surface area contributed by atoms with Crippen LogP contribution in [0.2, 0.25) is 0 Å².